The van der Waals surface area contributed by atoms with E-state index in [-0.39, 0.29) is 5.91 Å². The van der Waals surface area contributed by atoms with Gasteiger partial charge in [-0.3, -0.25) is 14.0 Å². The highest BCUT2D eigenvalue weighted by Gasteiger charge is 2.12. The molecule has 0 fully saturated rings. The fourth-order valence-electron chi connectivity index (χ4n) is 2.13. The van der Waals surface area contributed by atoms with Crippen molar-refractivity contribution in [3.05, 3.63) is 68.5 Å². The van der Waals surface area contributed by atoms with E-state index in [1.54, 1.807) is 22.0 Å². The first-order valence-electron chi connectivity index (χ1n) is 6.63. The minimum Gasteiger partial charge on any atom is -0.350 e. The zero-order valence-corrected chi connectivity index (χ0v) is 13.0. The zero-order chi connectivity index (χ0) is 15.5. The fraction of sp³-hybridized carbons (Fsp3) is 0.133. The molecule has 3 rings (SSSR count). The molecule has 2 aromatic heterocycles. The van der Waals surface area contributed by atoms with E-state index in [9.17, 15) is 9.59 Å². The van der Waals surface area contributed by atoms with E-state index < -0.39 is 5.56 Å². The van der Waals surface area contributed by atoms with Crippen LogP contribution in [-0.2, 0) is 6.42 Å². The van der Waals surface area contributed by atoms with Crippen LogP contribution in [-0.4, -0.2) is 21.8 Å². The average Bonchev–Trinajstić information content (AvgIpc) is 2.94. The SMILES string of the molecule is O=C(NCCc1cccc(Cl)c1)c1cc(=O)nc2sccn12. The molecule has 5 nitrogen and oxygen atoms in total. The number of carbonyl (C=O) groups excluding carboxylic acids is 1. The number of amides is 1. The van der Waals surface area contributed by atoms with E-state index in [2.05, 4.69) is 10.3 Å². The molecule has 0 bridgehead atoms. The van der Waals surface area contributed by atoms with Gasteiger partial charge in [0.1, 0.15) is 5.69 Å². The van der Waals surface area contributed by atoms with E-state index in [1.165, 1.54) is 17.4 Å². The number of hydrogen-bond donors (Lipinski definition) is 1. The number of halogens is 1. The van der Waals surface area contributed by atoms with Gasteiger partial charge in [-0.25, -0.2) is 0 Å². The number of fused-ring (bicyclic) bond motifs is 1. The second-order valence-corrected chi connectivity index (χ2v) is 5.98. The molecule has 0 saturated heterocycles. The van der Waals surface area contributed by atoms with E-state index in [1.807, 2.05) is 18.2 Å². The smallest absolute Gasteiger partial charge is 0.274 e. The molecule has 0 saturated carbocycles. The van der Waals surface area contributed by atoms with Crippen LogP contribution in [0, 0.1) is 0 Å². The Balaban J connectivity index is 1.71. The molecule has 0 aliphatic heterocycles. The maximum atomic E-state index is 12.2. The number of benzene rings is 1. The first kappa shape index (κ1) is 14.7. The van der Waals surface area contributed by atoms with Crippen LogP contribution < -0.4 is 10.9 Å². The number of nitrogens with one attached hydrogen (secondary N) is 1. The van der Waals surface area contributed by atoms with Gasteiger partial charge < -0.3 is 5.32 Å². The Morgan fingerprint density at radius 3 is 3.05 bits per heavy atom. The number of carbonyl (C=O) groups is 1. The Kier molecular flexibility index (Phi) is 4.22. The summed E-state index contributed by atoms with van der Waals surface area (Å²) in [7, 11) is 0. The van der Waals surface area contributed by atoms with Crippen molar-refractivity contribution in [1.29, 1.82) is 0 Å². The Hall–Kier alpha value is -2.18. The largest absolute Gasteiger partial charge is 0.350 e. The summed E-state index contributed by atoms with van der Waals surface area (Å²) in [4.78, 5) is 28.1. The van der Waals surface area contributed by atoms with Crippen molar-refractivity contribution in [3.8, 4) is 0 Å². The normalized spacial score (nSPS) is 10.8. The van der Waals surface area contributed by atoms with E-state index in [0.717, 1.165) is 5.56 Å². The van der Waals surface area contributed by atoms with Crippen molar-refractivity contribution in [2.45, 2.75) is 6.42 Å². The van der Waals surface area contributed by atoms with Gasteiger partial charge in [-0.2, -0.15) is 4.98 Å². The highest BCUT2D eigenvalue weighted by molar-refractivity contribution is 7.15. The standard InChI is InChI=1S/C15H12ClN3O2S/c16-11-3-1-2-10(8-11)4-5-17-14(21)12-9-13(20)18-15-19(12)6-7-22-15/h1-3,6-9H,4-5H2,(H,17,21). The minimum atomic E-state index is -0.414. The first-order valence-corrected chi connectivity index (χ1v) is 7.89. The topological polar surface area (TPSA) is 63.5 Å². The number of thiazole rings is 1. The Labute approximate surface area is 135 Å². The molecule has 0 spiro atoms. The highest BCUT2D eigenvalue weighted by atomic mass is 35.5. The van der Waals surface area contributed by atoms with Gasteiger partial charge in [-0.1, -0.05) is 23.7 Å². The second-order valence-electron chi connectivity index (χ2n) is 4.67. The summed E-state index contributed by atoms with van der Waals surface area (Å²) in [6, 6.07) is 8.74. The van der Waals surface area contributed by atoms with Crippen LogP contribution in [0.5, 0.6) is 0 Å². The van der Waals surface area contributed by atoms with Gasteiger partial charge in [-0.15, -0.1) is 11.3 Å². The van der Waals surface area contributed by atoms with Crippen molar-refractivity contribution in [2.24, 2.45) is 0 Å². The van der Waals surface area contributed by atoms with Gasteiger partial charge >= 0.3 is 0 Å². The first-order chi connectivity index (χ1) is 10.6. The van der Waals surface area contributed by atoms with Crippen LogP contribution >= 0.6 is 22.9 Å². The van der Waals surface area contributed by atoms with Gasteiger partial charge in [0.2, 0.25) is 0 Å². The fourth-order valence-corrected chi connectivity index (χ4v) is 3.06. The van der Waals surface area contributed by atoms with Crippen LogP contribution in [0.3, 0.4) is 0 Å². The predicted octanol–water partition coefficient (Wildman–Crippen LogP) is 2.38. The molecule has 22 heavy (non-hydrogen) atoms. The lowest BCUT2D eigenvalue weighted by Gasteiger charge is -2.07. The third-order valence-electron chi connectivity index (χ3n) is 3.14. The third kappa shape index (κ3) is 3.18. The molecule has 0 atom stereocenters. The molecule has 3 aromatic rings. The summed E-state index contributed by atoms with van der Waals surface area (Å²) >= 11 is 7.23. The summed E-state index contributed by atoms with van der Waals surface area (Å²) < 4.78 is 1.61. The highest BCUT2D eigenvalue weighted by Crippen LogP contribution is 2.11. The average molecular weight is 334 g/mol. The van der Waals surface area contributed by atoms with E-state index >= 15 is 0 Å². The maximum Gasteiger partial charge on any atom is 0.274 e. The van der Waals surface area contributed by atoms with Gasteiger partial charge in [0.25, 0.3) is 11.5 Å². The van der Waals surface area contributed by atoms with Gasteiger partial charge in [-0.05, 0) is 24.1 Å². The Morgan fingerprint density at radius 2 is 2.23 bits per heavy atom. The second kappa shape index (κ2) is 6.29. The number of rotatable bonds is 4. The van der Waals surface area contributed by atoms with Crippen LogP contribution in [0.25, 0.3) is 4.96 Å². The molecule has 112 valence electrons. The van der Waals surface area contributed by atoms with Crippen molar-refractivity contribution < 1.29 is 4.79 Å². The van der Waals surface area contributed by atoms with Crippen molar-refractivity contribution in [2.75, 3.05) is 6.54 Å². The number of aromatic nitrogens is 2. The third-order valence-corrected chi connectivity index (χ3v) is 4.13. The van der Waals surface area contributed by atoms with Crippen molar-refractivity contribution >= 4 is 33.8 Å². The zero-order valence-electron chi connectivity index (χ0n) is 11.5. The minimum absolute atomic E-state index is 0.294. The van der Waals surface area contributed by atoms with Gasteiger partial charge in [0.05, 0.1) is 0 Å². The molecule has 1 N–H and O–H groups in total. The number of nitrogens with zero attached hydrogens (tertiary/aromatic N) is 2. The summed E-state index contributed by atoms with van der Waals surface area (Å²) in [6.07, 6.45) is 2.39. The van der Waals surface area contributed by atoms with Crippen LogP contribution in [0.2, 0.25) is 5.02 Å². The molecule has 0 radical (unpaired) electrons. The summed E-state index contributed by atoms with van der Waals surface area (Å²) in [5.41, 5.74) is 0.921. The summed E-state index contributed by atoms with van der Waals surface area (Å²) in [5, 5.41) is 5.26. The van der Waals surface area contributed by atoms with Crippen LogP contribution in [0.4, 0.5) is 0 Å². The maximum absolute atomic E-state index is 12.2. The molecule has 0 aliphatic carbocycles. The monoisotopic (exact) mass is 333 g/mol. The molecular weight excluding hydrogens is 322 g/mol. The summed E-state index contributed by atoms with van der Waals surface area (Å²) in [6.45, 7) is 0.460. The Bertz CT molecular complexity index is 888. The number of hydrogen-bond acceptors (Lipinski definition) is 4. The quantitative estimate of drug-likeness (QED) is 0.797. The van der Waals surface area contributed by atoms with Crippen molar-refractivity contribution in [1.82, 2.24) is 14.7 Å². The van der Waals surface area contributed by atoms with Gasteiger partial charge in [0.15, 0.2) is 4.96 Å². The van der Waals surface area contributed by atoms with E-state index in [4.69, 9.17) is 11.6 Å². The molecule has 7 heteroatoms. The van der Waals surface area contributed by atoms with Crippen molar-refractivity contribution in [3.63, 3.8) is 0 Å². The molecule has 1 aromatic carbocycles. The molecule has 1 amide bonds. The lowest BCUT2D eigenvalue weighted by Crippen LogP contribution is -2.29. The van der Waals surface area contributed by atoms with E-state index in [0.29, 0.717) is 28.6 Å². The molecule has 0 unspecified atom stereocenters. The van der Waals surface area contributed by atoms with Gasteiger partial charge in [0, 0.05) is 29.2 Å². The lowest BCUT2D eigenvalue weighted by molar-refractivity contribution is 0.0947. The molecule has 0 aliphatic rings. The summed E-state index contributed by atoms with van der Waals surface area (Å²) in [5.74, 6) is -0.296. The Morgan fingerprint density at radius 1 is 1.36 bits per heavy atom. The molecular formula is C15H12ClN3O2S. The predicted molar refractivity (Wildman–Crippen MR) is 86.8 cm³/mol. The molecule has 2 heterocycles. The van der Waals surface area contributed by atoms with Crippen LogP contribution in [0.15, 0.2) is 46.7 Å². The lowest BCUT2D eigenvalue weighted by atomic mass is 10.1. The van der Waals surface area contributed by atoms with Crippen LogP contribution in [0.1, 0.15) is 16.1 Å².